The summed E-state index contributed by atoms with van der Waals surface area (Å²) in [4.78, 5) is 4.22. The van der Waals surface area contributed by atoms with Gasteiger partial charge in [0, 0.05) is 5.02 Å². The molecule has 0 atom stereocenters. The Hall–Kier alpha value is -1.22. The third-order valence-corrected chi connectivity index (χ3v) is 2.21. The summed E-state index contributed by atoms with van der Waals surface area (Å²) in [6, 6.07) is 5.40. The van der Waals surface area contributed by atoms with Crippen LogP contribution in [0.15, 0.2) is 23.2 Å². The molecule has 1 aliphatic rings. The Morgan fingerprint density at radius 2 is 2.36 bits per heavy atom. The van der Waals surface area contributed by atoms with Gasteiger partial charge >= 0.3 is 0 Å². The minimum Gasteiger partial charge on any atom is -0.496 e. The molecule has 2 rings (SSSR count). The van der Waals surface area contributed by atoms with E-state index in [1.807, 2.05) is 6.07 Å². The van der Waals surface area contributed by atoms with Crippen molar-refractivity contribution < 1.29 is 9.47 Å². The molecule has 0 amide bonds. The van der Waals surface area contributed by atoms with E-state index in [4.69, 9.17) is 21.1 Å². The number of aliphatic imine (C=N–C) groups is 1. The lowest BCUT2D eigenvalue weighted by Crippen LogP contribution is -2.03. The van der Waals surface area contributed by atoms with Gasteiger partial charge in [0.25, 0.3) is 0 Å². The first-order valence-electron chi connectivity index (χ1n) is 4.32. The molecular formula is C10H10ClNO2. The summed E-state index contributed by atoms with van der Waals surface area (Å²) in [6.45, 7) is 1.35. The van der Waals surface area contributed by atoms with Crippen LogP contribution in [0.1, 0.15) is 5.56 Å². The number of methoxy groups -OCH3 is 1. The van der Waals surface area contributed by atoms with Crippen LogP contribution in [0.2, 0.25) is 5.02 Å². The average Bonchev–Trinajstić information content (AvgIpc) is 2.70. The van der Waals surface area contributed by atoms with Crippen molar-refractivity contribution in [1.82, 2.24) is 0 Å². The van der Waals surface area contributed by atoms with Crippen LogP contribution in [0.4, 0.5) is 0 Å². The number of rotatable bonds is 2. The number of halogens is 1. The van der Waals surface area contributed by atoms with Gasteiger partial charge in [-0.3, -0.25) is 0 Å². The molecule has 0 fully saturated rings. The topological polar surface area (TPSA) is 30.8 Å². The van der Waals surface area contributed by atoms with Crippen molar-refractivity contribution in [3.05, 3.63) is 28.8 Å². The molecule has 0 aromatic heterocycles. The normalized spacial score (nSPS) is 14.9. The van der Waals surface area contributed by atoms with Crippen molar-refractivity contribution in [2.45, 2.75) is 0 Å². The van der Waals surface area contributed by atoms with Crippen LogP contribution in [0.25, 0.3) is 0 Å². The fraction of sp³-hybridized carbons (Fsp3) is 0.300. The van der Waals surface area contributed by atoms with E-state index >= 15 is 0 Å². The van der Waals surface area contributed by atoms with E-state index in [1.165, 1.54) is 0 Å². The first kappa shape index (κ1) is 9.34. The van der Waals surface area contributed by atoms with E-state index < -0.39 is 0 Å². The Morgan fingerprint density at radius 3 is 3.00 bits per heavy atom. The zero-order valence-electron chi connectivity index (χ0n) is 7.79. The van der Waals surface area contributed by atoms with Gasteiger partial charge in [0.05, 0.1) is 19.2 Å². The van der Waals surface area contributed by atoms with Crippen molar-refractivity contribution >= 4 is 17.5 Å². The Morgan fingerprint density at radius 1 is 1.50 bits per heavy atom. The lowest BCUT2D eigenvalue weighted by atomic mass is 10.2. The Labute approximate surface area is 87.3 Å². The summed E-state index contributed by atoms with van der Waals surface area (Å²) >= 11 is 5.84. The standard InChI is InChI=1S/C10H10ClNO2/c1-13-9-6-7(11)2-3-8(9)10-12-4-5-14-10/h2-3,6H,4-5H2,1H3. The van der Waals surface area contributed by atoms with Crippen molar-refractivity contribution in [2.75, 3.05) is 20.3 Å². The molecule has 0 saturated heterocycles. The molecule has 74 valence electrons. The fourth-order valence-electron chi connectivity index (χ4n) is 1.34. The highest BCUT2D eigenvalue weighted by Crippen LogP contribution is 2.24. The number of ether oxygens (including phenoxy) is 2. The van der Waals surface area contributed by atoms with E-state index in [2.05, 4.69) is 4.99 Å². The van der Waals surface area contributed by atoms with Crippen LogP contribution in [0.5, 0.6) is 5.75 Å². The zero-order valence-corrected chi connectivity index (χ0v) is 8.54. The fourth-order valence-corrected chi connectivity index (χ4v) is 1.50. The molecule has 0 bridgehead atoms. The molecule has 0 spiro atoms. The molecule has 0 radical (unpaired) electrons. The molecule has 0 aliphatic carbocycles. The van der Waals surface area contributed by atoms with E-state index in [0.717, 1.165) is 5.56 Å². The molecule has 14 heavy (non-hydrogen) atoms. The van der Waals surface area contributed by atoms with Crippen molar-refractivity contribution in [2.24, 2.45) is 4.99 Å². The maximum Gasteiger partial charge on any atom is 0.220 e. The second kappa shape index (κ2) is 3.88. The van der Waals surface area contributed by atoms with Gasteiger partial charge in [0.2, 0.25) is 5.90 Å². The second-order valence-corrected chi connectivity index (χ2v) is 3.32. The maximum atomic E-state index is 5.84. The highest BCUT2D eigenvalue weighted by molar-refractivity contribution is 6.30. The van der Waals surface area contributed by atoms with Crippen molar-refractivity contribution in [3.63, 3.8) is 0 Å². The highest BCUT2D eigenvalue weighted by atomic mass is 35.5. The number of hydrogen-bond acceptors (Lipinski definition) is 3. The zero-order chi connectivity index (χ0) is 9.97. The van der Waals surface area contributed by atoms with Crippen LogP contribution in [-0.4, -0.2) is 26.2 Å². The largest absolute Gasteiger partial charge is 0.496 e. The molecule has 0 unspecified atom stereocenters. The first-order valence-corrected chi connectivity index (χ1v) is 4.70. The number of hydrogen-bond donors (Lipinski definition) is 0. The van der Waals surface area contributed by atoms with Crippen LogP contribution in [0.3, 0.4) is 0 Å². The van der Waals surface area contributed by atoms with Gasteiger partial charge in [-0.2, -0.15) is 0 Å². The second-order valence-electron chi connectivity index (χ2n) is 2.88. The predicted molar refractivity (Wildman–Crippen MR) is 55.4 cm³/mol. The minimum absolute atomic E-state index is 0.638. The van der Waals surface area contributed by atoms with Gasteiger partial charge in [-0.05, 0) is 18.2 Å². The lowest BCUT2D eigenvalue weighted by Gasteiger charge is -2.08. The Balaban J connectivity index is 2.41. The van der Waals surface area contributed by atoms with Crippen LogP contribution in [0, 0.1) is 0 Å². The van der Waals surface area contributed by atoms with Gasteiger partial charge in [-0.1, -0.05) is 11.6 Å². The Bertz CT molecular complexity index is 376. The van der Waals surface area contributed by atoms with Crippen LogP contribution in [-0.2, 0) is 4.74 Å². The van der Waals surface area contributed by atoms with Gasteiger partial charge in [-0.15, -0.1) is 0 Å². The lowest BCUT2D eigenvalue weighted by molar-refractivity contribution is 0.345. The summed E-state index contributed by atoms with van der Waals surface area (Å²) in [6.07, 6.45) is 0. The first-order chi connectivity index (χ1) is 6.81. The Kier molecular flexibility index (Phi) is 2.59. The van der Waals surface area contributed by atoms with E-state index in [9.17, 15) is 0 Å². The number of benzene rings is 1. The molecular weight excluding hydrogens is 202 g/mol. The number of nitrogens with zero attached hydrogens (tertiary/aromatic N) is 1. The van der Waals surface area contributed by atoms with E-state index in [0.29, 0.717) is 29.8 Å². The summed E-state index contributed by atoms with van der Waals surface area (Å²) in [5.41, 5.74) is 0.856. The maximum absolute atomic E-state index is 5.84. The summed E-state index contributed by atoms with van der Waals surface area (Å²) in [5.74, 6) is 1.33. The molecule has 4 heteroatoms. The molecule has 1 aromatic carbocycles. The van der Waals surface area contributed by atoms with E-state index in [-0.39, 0.29) is 0 Å². The van der Waals surface area contributed by atoms with Crippen LogP contribution >= 0.6 is 11.6 Å². The van der Waals surface area contributed by atoms with Crippen LogP contribution < -0.4 is 4.74 Å². The minimum atomic E-state index is 0.638. The summed E-state index contributed by atoms with van der Waals surface area (Å²) in [7, 11) is 1.60. The molecule has 1 aromatic rings. The van der Waals surface area contributed by atoms with Gasteiger partial charge < -0.3 is 9.47 Å². The van der Waals surface area contributed by atoms with Gasteiger partial charge in [-0.25, -0.2) is 4.99 Å². The smallest absolute Gasteiger partial charge is 0.220 e. The third kappa shape index (κ3) is 1.68. The van der Waals surface area contributed by atoms with Crippen molar-refractivity contribution in [3.8, 4) is 5.75 Å². The predicted octanol–water partition coefficient (Wildman–Crippen LogP) is 2.13. The van der Waals surface area contributed by atoms with Crippen molar-refractivity contribution in [1.29, 1.82) is 0 Å². The molecule has 0 saturated carbocycles. The highest BCUT2D eigenvalue weighted by Gasteiger charge is 2.15. The molecule has 0 N–H and O–H groups in total. The third-order valence-electron chi connectivity index (χ3n) is 1.98. The summed E-state index contributed by atoms with van der Waals surface area (Å²) < 4.78 is 10.5. The molecule has 1 heterocycles. The van der Waals surface area contributed by atoms with Gasteiger partial charge in [0.1, 0.15) is 12.4 Å². The van der Waals surface area contributed by atoms with Gasteiger partial charge in [0.15, 0.2) is 0 Å². The molecule has 3 nitrogen and oxygen atoms in total. The SMILES string of the molecule is COc1cc(Cl)ccc1C1=NCCO1. The van der Waals surface area contributed by atoms with E-state index in [1.54, 1.807) is 19.2 Å². The molecule has 1 aliphatic heterocycles. The summed E-state index contributed by atoms with van der Waals surface area (Å²) in [5, 5.41) is 0.643. The monoisotopic (exact) mass is 211 g/mol. The quantitative estimate of drug-likeness (QED) is 0.751. The average molecular weight is 212 g/mol.